The highest BCUT2D eigenvalue weighted by Crippen LogP contribution is 2.31. The van der Waals surface area contributed by atoms with Gasteiger partial charge in [-0.15, -0.1) is 0 Å². The predicted molar refractivity (Wildman–Crippen MR) is 102 cm³/mol. The number of ether oxygens (including phenoxy) is 2. The summed E-state index contributed by atoms with van der Waals surface area (Å²) >= 11 is 0. The van der Waals surface area contributed by atoms with Crippen LogP contribution >= 0.6 is 0 Å². The smallest absolute Gasteiger partial charge is 0.410 e. The number of rotatable bonds is 7. The molecule has 0 aromatic heterocycles. The summed E-state index contributed by atoms with van der Waals surface area (Å²) in [6.45, 7) is 7.81. The lowest BCUT2D eigenvalue weighted by Crippen LogP contribution is -2.46. The van der Waals surface area contributed by atoms with Crippen molar-refractivity contribution in [3.8, 4) is 5.75 Å². The van der Waals surface area contributed by atoms with E-state index in [1.54, 1.807) is 9.80 Å². The minimum absolute atomic E-state index is 0.0625. The van der Waals surface area contributed by atoms with Crippen LogP contribution in [0.4, 0.5) is 4.79 Å². The van der Waals surface area contributed by atoms with E-state index in [4.69, 9.17) is 9.47 Å². The molecule has 0 aliphatic carbocycles. The topological polar surface area (TPSA) is 71.1 Å². The number of hydrogen-bond acceptors (Lipinski definition) is 5. The summed E-state index contributed by atoms with van der Waals surface area (Å²) in [5.41, 5.74) is 0.584. The SMILES string of the molecule is CCOc1cccc(CN(CC)C(=O)CN2CC3(CCNCC3)OC2=O)c1. The van der Waals surface area contributed by atoms with Gasteiger partial charge in [0, 0.05) is 25.9 Å². The van der Waals surface area contributed by atoms with Crippen molar-refractivity contribution in [3.63, 3.8) is 0 Å². The van der Waals surface area contributed by atoms with Crippen LogP contribution in [-0.2, 0) is 16.1 Å². The van der Waals surface area contributed by atoms with E-state index >= 15 is 0 Å². The molecule has 1 spiro atoms. The Balaban J connectivity index is 1.60. The highest BCUT2D eigenvalue weighted by molar-refractivity contribution is 5.83. The Bertz CT molecular complexity index is 673. The van der Waals surface area contributed by atoms with Gasteiger partial charge in [-0.25, -0.2) is 4.79 Å². The number of hydrogen-bond donors (Lipinski definition) is 1. The monoisotopic (exact) mass is 375 g/mol. The number of likely N-dealkylation sites (N-methyl/N-ethyl adjacent to an activating group) is 1. The van der Waals surface area contributed by atoms with Gasteiger partial charge in [0.05, 0.1) is 13.2 Å². The Hall–Kier alpha value is -2.28. The molecule has 3 rings (SSSR count). The molecule has 2 heterocycles. The molecule has 0 saturated carbocycles. The molecule has 2 aliphatic heterocycles. The van der Waals surface area contributed by atoms with Gasteiger partial charge in [-0.1, -0.05) is 12.1 Å². The second-order valence-corrected chi connectivity index (χ2v) is 7.15. The van der Waals surface area contributed by atoms with Crippen molar-refractivity contribution in [2.75, 3.05) is 39.3 Å². The minimum Gasteiger partial charge on any atom is -0.494 e. The highest BCUT2D eigenvalue weighted by Gasteiger charge is 2.46. The molecule has 1 aromatic rings. The summed E-state index contributed by atoms with van der Waals surface area (Å²) in [6, 6.07) is 7.77. The van der Waals surface area contributed by atoms with E-state index in [1.807, 2.05) is 38.1 Å². The number of amides is 2. The molecular weight excluding hydrogens is 346 g/mol. The third kappa shape index (κ3) is 4.71. The average Bonchev–Trinajstić information content (AvgIpc) is 2.95. The normalized spacial score (nSPS) is 18.4. The molecule has 1 N–H and O–H groups in total. The van der Waals surface area contributed by atoms with Crippen LogP contribution < -0.4 is 10.1 Å². The number of nitrogens with zero attached hydrogens (tertiary/aromatic N) is 2. The molecular formula is C20H29N3O4. The predicted octanol–water partition coefficient (Wildman–Crippen LogP) is 2.01. The van der Waals surface area contributed by atoms with Gasteiger partial charge in [-0.05, 0) is 44.6 Å². The first-order valence-electron chi connectivity index (χ1n) is 9.73. The van der Waals surface area contributed by atoms with Gasteiger partial charge in [0.2, 0.25) is 5.91 Å². The van der Waals surface area contributed by atoms with E-state index < -0.39 is 5.60 Å². The fourth-order valence-electron chi connectivity index (χ4n) is 3.72. The largest absolute Gasteiger partial charge is 0.494 e. The number of carbonyl (C=O) groups is 2. The fraction of sp³-hybridized carbons (Fsp3) is 0.600. The molecule has 0 unspecified atom stereocenters. The molecule has 2 fully saturated rings. The molecule has 0 bridgehead atoms. The van der Waals surface area contributed by atoms with Crippen LogP contribution in [0, 0.1) is 0 Å². The molecule has 0 radical (unpaired) electrons. The quantitative estimate of drug-likeness (QED) is 0.789. The highest BCUT2D eigenvalue weighted by atomic mass is 16.6. The van der Waals surface area contributed by atoms with Gasteiger partial charge in [-0.3, -0.25) is 9.69 Å². The molecule has 1 aromatic carbocycles. The van der Waals surface area contributed by atoms with Crippen LogP contribution in [0.25, 0.3) is 0 Å². The van der Waals surface area contributed by atoms with Crippen LogP contribution in [-0.4, -0.2) is 66.7 Å². The zero-order valence-electron chi connectivity index (χ0n) is 16.2. The van der Waals surface area contributed by atoms with Crippen molar-refractivity contribution < 1.29 is 19.1 Å². The van der Waals surface area contributed by atoms with Crippen molar-refractivity contribution >= 4 is 12.0 Å². The molecule has 7 heteroatoms. The van der Waals surface area contributed by atoms with Crippen LogP contribution in [0.2, 0.25) is 0 Å². The molecule has 27 heavy (non-hydrogen) atoms. The van der Waals surface area contributed by atoms with Crippen molar-refractivity contribution in [3.05, 3.63) is 29.8 Å². The van der Waals surface area contributed by atoms with Crippen molar-refractivity contribution in [1.82, 2.24) is 15.1 Å². The van der Waals surface area contributed by atoms with E-state index in [2.05, 4.69) is 5.32 Å². The zero-order chi connectivity index (χ0) is 19.3. The Morgan fingerprint density at radius 3 is 2.81 bits per heavy atom. The standard InChI is InChI=1S/C20H29N3O4/c1-3-22(13-16-6-5-7-17(12-16)26-4-2)18(24)14-23-15-20(27-19(23)25)8-10-21-11-9-20/h5-7,12,21H,3-4,8-11,13-15H2,1-2H3. The van der Waals surface area contributed by atoms with Crippen molar-refractivity contribution in [2.24, 2.45) is 0 Å². The van der Waals surface area contributed by atoms with Gasteiger partial charge < -0.3 is 19.7 Å². The summed E-state index contributed by atoms with van der Waals surface area (Å²) in [7, 11) is 0. The van der Waals surface area contributed by atoms with Gasteiger partial charge in [0.1, 0.15) is 17.9 Å². The van der Waals surface area contributed by atoms with Gasteiger partial charge in [0.15, 0.2) is 0 Å². The van der Waals surface area contributed by atoms with Crippen LogP contribution in [0.3, 0.4) is 0 Å². The zero-order valence-corrected chi connectivity index (χ0v) is 16.2. The Morgan fingerprint density at radius 2 is 2.11 bits per heavy atom. The summed E-state index contributed by atoms with van der Waals surface area (Å²) in [5.74, 6) is 0.733. The Morgan fingerprint density at radius 1 is 1.33 bits per heavy atom. The first-order chi connectivity index (χ1) is 13.0. The van der Waals surface area contributed by atoms with Crippen molar-refractivity contribution in [2.45, 2.75) is 38.8 Å². The maximum absolute atomic E-state index is 12.8. The second kappa shape index (κ2) is 8.61. The first kappa shape index (κ1) is 19.5. The molecule has 148 valence electrons. The summed E-state index contributed by atoms with van der Waals surface area (Å²) in [4.78, 5) is 28.4. The molecule has 2 amide bonds. The number of piperidine rings is 1. The van der Waals surface area contributed by atoms with Crippen molar-refractivity contribution in [1.29, 1.82) is 0 Å². The van der Waals surface area contributed by atoms with Crippen LogP contribution in [0.1, 0.15) is 32.3 Å². The van der Waals surface area contributed by atoms with Gasteiger partial charge >= 0.3 is 6.09 Å². The Kier molecular flexibility index (Phi) is 6.21. The van der Waals surface area contributed by atoms with Crippen LogP contribution in [0.5, 0.6) is 5.75 Å². The number of nitrogens with one attached hydrogen (secondary N) is 1. The van der Waals surface area contributed by atoms with E-state index in [0.29, 0.717) is 26.2 Å². The summed E-state index contributed by atoms with van der Waals surface area (Å²) < 4.78 is 11.2. The number of benzene rings is 1. The van der Waals surface area contributed by atoms with E-state index in [0.717, 1.165) is 37.2 Å². The lowest BCUT2D eigenvalue weighted by atomic mass is 9.92. The molecule has 0 atom stereocenters. The summed E-state index contributed by atoms with van der Waals surface area (Å²) in [6.07, 6.45) is 1.22. The lowest BCUT2D eigenvalue weighted by molar-refractivity contribution is -0.132. The molecule has 2 saturated heterocycles. The maximum Gasteiger partial charge on any atom is 0.410 e. The third-order valence-electron chi connectivity index (χ3n) is 5.20. The minimum atomic E-state index is -0.425. The molecule has 7 nitrogen and oxygen atoms in total. The van der Waals surface area contributed by atoms with Crippen LogP contribution in [0.15, 0.2) is 24.3 Å². The third-order valence-corrected chi connectivity index (χ3v) is 5.20. The first-order valence-corrected chi connectivity index (χ1v) is 9.73. The van der Waals surface area contributed by atoms with Gasteiger partial charge in [0.25, 0.3) is 0 Å². The fourth-order valence-corrected chi connectivity index (χ4v) is 3.72. The Labute approximate surface area is 160 Å². The van der Waals surface area contributed by atoms with E-state index in [9.17, 15) is 9.59 Å². The average molecular weight is 375 g/mol. The lowest BCUT2D eigenvalue weighted by Gasteiger charge is -2.31. The second-order valence-electron chi connectivity index (χ2n) is 7.15. The maximum atomic E-state index is 12.8. The summed E-state index contributed by atoms with van der Waals surface area (Å²) in [5, 5.41) is 3.28. The van der Waals surface area contributed by atoms with E-state index in [-0.39, 0.29) is 18.5 Å². The van der Waals surface area contributed by atoms with E-state index in [1.165, 1.54) is 0 Å². The number of carbonyl (C=O) groups excluding carboxylic acids is 2. The molecule has 2 aliphatic rings. The van der Waals surface area contributed by atoms with Gasteiger partial charge in [-0.2, -0.15) is 0 Å².